The SMILES string of the molecule is CO.O.O=C=O.[H+].[H+].[H+].[H+].[H+].[H+]. The summed E-state index contributed by atoms with van der Waals surface area (Å²) in [6, 6.07) is 0. The van der Waals surface area contributed by atoms with Gasteiger partial charge in [0, 0.05) is 7.11 Å². The summed E-state index contributed by atoms with van der Waals surface area (Å²) in [6.45, 7) is 0. The molecule has 38 valence electrons. The Labute approximate surface area is 43.6 Å². The fourth-order valence-electron chi connectivity index (χ4n) is 0. The van der Waals surface area contributed by atoms with Crippen LogP contribution in [0.15, 0.2) is 0 Å². The van der Waals surface area contributed by atoms with Gasteiger partial charge in [0.1, 0.15) is 0 Å². The number of rotatable bonds is 0. The van der Waals surface area contributed by atoms with Crippen LogP contribution in [0.2, 0.25) is 0 Å². The highest BCUT2D eigenvalue weighted by atomic mass is 16.2. The molecule has 0 saturated heterocycles. The van der Waals surface area contributed by atoms with E-state index < -0.39 is 0 Å². The van der Waals surface area contributed by atoms with E-state index in [0.717, 1.165) is 7.11 Å². The number of hydrogen-bond acceptors (Lipinski definition) is 3. The van der Waals surface area contributed by atoms with Crippen LogP contribution in [0.4, 0.5) is 0 Å². The molecular formula is C2H12O4+6. The second-order valence-electron chi connectivity index (χ2n) is 0.0833. The van der Waals surface area contributed by atoms with E-state index in [2.05, 4.69) is 0 Å². The van der Waals surface area contributed by atoms with Crippen molar-refractivity contribution in [3.05, 3.63) is 0 Å². The summed E-state index contributed by atoms with van der Waals surface area (Å²) in [7, 11) is 1.00. The van der Waals surface area contributed by atoms with Gasteiger partial charge in [-0.05, 0) is 0 Å². The molecular weight excluding hydrogens is 88.0 g/mol. The molecule has 0 aliphatic heterocycles. The van der Waals surface area contributed by atoms with Crippen LogP contribution >= 0.6 is 0 Å². The molecule has 0 saturated carbocycles. The zero-order valence-corrected chi connectivity index (χ0v) is 3.26. The minimum atomic E-state index is 0. The number of carbonyl (C=O) groups excluding carboxylic acids is 2. The molecule has 4 nitrogen and oxygen atoms in total. The lowest BCUT2D eigenvalue weighted by Crippen LogP contribution is -1.25. The Balaban J connectivity index is -0.00000000138. The van der Waals surface area contributed by atoms with Crippen molar-refractivity contribution in [3.63, 3.8) is 0 Å². The van der Waals surface area contributed by atoms with Gasteiger partial charge >= 0.3 is 14.7 Å². The molecule has 0 amide bonds. The quantitative estimate of drug-likeness (QED) is 0.418. The average Bonchev–Trinajstić information content (AvgIpc) is 1.46. The maximum Gasteiger partial charge on any atom is 1.00 e. The van der Waals surface area contributed by atoms with Crippen molar-refractivity contribution in [2.45, 2.75) is 0 Å². The molecule has 4 heteroatoms. The van der Waals surface area contributed by atoms with Crippen LogP contribution in [-0.4, -0.2) is 23.8 Å². The molecule has 3 N–H and O–H groups in total. The molecule has 0 radical (unpaired) electrons. The molecule has 0 aliphatic rings. The van der Waals surface area contributed by atoms with E-state index in [1.165, 1.54) is 0 Å². The summed E-state index contributed by atoms with van der Waals surface area (Å²) >= 11 is 0. The van der Waals surface area contributed by atoms with Crippen LogP contribution in [0.5, 0.6) is 0 Å². The van der Waals surface area contributed by atoms with Crippen molar-refractivity contribution in [1.29, 1.82) is 0 Å². The lowest BCUT2D eigenvalue weighted by Gasteiger charge is -1.21. The molecule has 0 unspecified atom stereocenters. The van der Waals surface area contributed by atoms with Gasteiger partial charge in [-0.25, -0.2) is 0 Å². The Morgan fingerprint density at radius 2 is 1.50 bits per heavy atom. The third kappa shape index (κ3) is 35.6. The molecule has 0 bridgehead atoms. The number of aliphatic hydroxyl groups excluding tert-OH is 1. The molecule has 0 aromatic heterocycles. The Bertz CT molecular complexity index is 38.5. The lowest BCUT2D eigenvalue weighted by atomic mass is 11.8. The van der Waals surface area contributed by atoms with E-state index in [1.54, 1.807) is 0 Å². The van der Waals surface area contributed by atoms with Gasteiger partial charge in [0.2, 0.25) is 0 Å². The van der Waals surface area contributed by atoms with Crippen molar-refractivity contribution in [2.24, 2.45) is 0 Å². The van der Waals surface area contributed by atoms with Gasteiger partial charge < -0.3 is 10.6 Å². The zero-order chi connectivity index (χ0) is 4.71. The van der Waals surface area contributed by atoms with Crippen LogP contribution in [0.3, 0.4) is 0 Å². The predicted octanol–water partition coefficient (Wildman–Crippen LogP) is -1.12. The number of hydrogen-bond donors (Lipinski definition) is 1. The predicted molar refractivity (Wildman–Crippen MR) is 23.4 cm³/mol. The second-order valence-corrected chi connectivity index (χ2v) is 0.0833. The topological polar surface area (TPSA) is 85.9 Å². The summed E-state index contributed by atoms with van der Waals surface area (Å²) in [4.78, 5) is 16.2. The van der Waals surface area contributed by atoms with Gasteiger partial charge in [0.05, 0.1) is 0 Å². The van der Waals surface area contributed by atoms with Gasteiger partial charge in [0.15, 0.2) is 0 Å². The van der Waals surface area contributed by atoms with E-state index in [1.807, 2.05) is 0 Å². The van der Waals surface area contributed by atoms with Crippen LogP contribution in [-0.2, 0) is 9.59 Å². The van der Waals surface area contributed by atoms with Gasteiger partial charge in [0.25, 0.3) is 0 Å². The molecule has 0 atom stereocenters. The first-order valence-corrected chi connectivity index (χ1v) is 0.855. The largest absolute Gasteiger partial charge is 1.00 e. The lowest BCUT2D eigenvalue weighted by molar-refractivity contribution is -0.191. The molecule has 0 spiro atoms. The molecule has 0 heterocycles. The van der Waals surface area contributed by atoms with Crippen molar-refractivity contribution in [2.75, 3.05) is 7.11 Å². The molecule has 0 fully saturated rings. The van der Waals surface area contributed by atoms with Gasteiger partial charge in [-0.1, -0.05) is 0 Å². The highest BCUT2D eigenvalue weighted by Crippen LogP contribution is 0.787. The number of aliphatic hydroxyl groups is 1. The Hall–Kier alpha value is -0.700. The van der Waals surface area contributed by atoms with Gasteiger partial charge in [-0.2, -0.15) is 9.59 Å². The summed E-state index contributed by atoms with van der Waals surface area (Å²) in [5.74, 6) is 0. The normalized spacial score (nSPS) is 2.33. The zero-order valence-electron chi connectivity index (χ0n) is 9.26. The summed E-state index contributed by atoms with van der Waals surface area (Å²) in [5.41, 5.74) is 0. The molecule has 6 heavy (non-hydrogen) atoms. The first kappa shape index (κ1) is 18.5. The maximum atomic E-state index is 8.12. The van der Waals surface area contributed by atoms with Gasteiger partial charge in [-0.15, -0.1) is 0 Å². The third-order valence-corrected chi connectivity index (χ3v) is 0. The van der Waals surface area contributed by atoms with E-state index in [-0.39, 0.29) is 20.2 Å². The van der Waals surface area contributed by atoms with E-state index in [9.17, 15) is 0 Å². The maximum absolute atomic E-state index is 8.12. The van der Waals surface area contributed by atoms with E-state index in [0.29, 0.717) is 0 Å². The van der Waals surface area contributed by atoms with E-state index >= 15 is 0 Å². The summed E-state index contributed by atoms with van der Waals surface area (Å²) in [6.07, 6.45) is 0.250. The minimum absolute atomic E-state index is 0. The standard InChI is InChI=1S/CO2.CH4O.H2O/c2-1-3;1-2;/h;2H,1H3;1H2/p+6. The van der Waals surface area contributed by atoms with Crippen LogP contribution in [0, 0.1) is 0 Å². The second kappa shape index (κ2) is 520. The van der Waals surface area contributed by atoms with Crippen molar-refractivity contribution in [1.82, 2.24) is 0 Å². The highest BCUT2D eigenvalue weighted by molar-refractivity contribution is 5.20. The smallest absolute Gasteiger partial charge is 0.412 e. The van der Waals surface area contributed by atoms with Crippen molar-refractivity contribution >= 4 is 6.15 Å². The van der Waals surface area contributed by atoms with Crippen molar-refractivity contribution < 1.29 is 28.7 Å². The van der Waals surface area contributed by atoms with Crippen LogP contribution < -0.4 is 0 Å². The van der Waals surface area contributed by atoms with E-state index in [4.69, 9.17) is 14.7 Å². The van der Waals surface area contributed by atoms with Crippen molar-refractivity contribution in [3.8, 4) is 0 Å². The Morgan fingerprint density at radius 1 is 1.50 bits per heavy atom. The molecule has 0 aromatic rings. The molecule has 0 aromatic carbocycles. The fourth-order valence-corrected chi connectivity index (χ4v) is 0. The Morgan fingerprint density at radius 3 is 1.50 bits per heavy atom. The monoisotopic (exact) mass is 100 g/mol. The molecule has 0 aliphatic carbocycles. The van der Waals surface area contributed by atoms with Crippen LogP contribution in [0.25, 0.3) is 0 Å². The van der Waals surface area contributed by atoms with Gasteiger partial charge in [-0.3, -0.25) is 0 Å². The Kier molecular flexibility index (Phi) is 1610. The summed E-state index contributed by atoms with van der Waals surface area (Å²) < 4.78 is 0. The minimum Gasteiger partial charge on any atom is -0.412 e. The first-order valence-electron chi connectivity index (χ1n) is 0.855. The van der Waals surface area contributed by atoms with Crippen LogP contribution in [0.1, 0.15) is 8.56 Å². The molecule has 0 rings (SSSR count). The third-order valence-electron chi connectivity index (χ3n) is 0. The fraction of sp³-hybridized carbons (Fsp3) is 0.500. The highest BCUT2D eigenvalue weighted by Gasteiger charge is 1.13. The first-order chi connectivity index (χ1) is 2.41. The summed E-state index contributed by atoms with van der Waals surface area (Å²) in [5, 5.41) is 7.00. The average molecular weight is 100 g/mol.